The molecule has 1 saturated heterocycles. The number of para-hydroxylation sites is 1. The Labute approximate surface area is 145 Å². The topological polar surface area (TPSA) is 78.9 Å². The van der Waals surface area contributed by atoms with Gasteiger partial charge in [-0.05, 0) is 12.1 Å². The zero-order chi connectivity index (χ0) is 18.2. The van der Waals surface area contributed by atoms with Crippen molar-refractivity contribution in [2.24, 2.45) is 0 Å². The molecule has 1 N–H and O–H groups in total. The van der Waals surface area contributed by atoms with Crippen LogP contribution >= 0.6 is 0 Å². The lowest BCUT2D eigenvalue weighted by molar-refractivity contribution is -0.141. The van der Waals surface area contributed by atoms with Crippen LogP contribution < -0.4 is 10.2 Å². The standard InChI is InChI=1S/C17H22FN3O4/c1-25-17(24)12-19-15(22)6-7-16(23)21-10-8-20(9-11-21)14-5-3-2-4-13(14)18/h2-5H,6-12H2,1H3,(H,19,22). The molecule has 0 spiro atoms. The van der Waals surface area contributed by atoms with Gasteiger partial charge in [-0.1, -0.05) is 12.1 Å². The highest BCUT2D eigenvalue weighted by Crippen LogP contribution is 2.20. The number of benzene rings is 1. The molecule has 7 nitrogen and oxygen atoms in total. The van der Waals surface area contributed by atoms with Crippen LogP contribution in [0.3, 0.4) is 0 Å². The van der Waals surface area contributed by atoms with Crippen LogP contribution in [0.5, 0.6) is 0 Å². The SMILES string of the molecule is COC(=O)CNC(=O)CCC(=O)N1CCN(c2ccccc2F)CC1. The largest absolute Gasteiger partial charge is 0.468 e. The molecule has 136 valence electrons. The van der Waals surface area contributed by atoms with Gasteiger partial charge in [0.2, 0.25) is 11.8 Å². The number of methoxy groups -OCH3 is 1. The molecule has 0 atom stereocenters. The van der Waals surface area contributed by atoms with Gasteiger partial charge in [0.15, 0.2) is 0 Å². The molecule has 1 heterocycles. The fourth-order valence-electron chi connectivity index (χ4n) is 2.61. The van der Waals surface area contributed by atoms with E-state index in [2.05, 4.69) is 10.1 Å². The maximum atomic E-state index is 13.8. The van der Waals surface area contributed by atoms with Crippen LogP contribution in [0, 0.1) is 5.82 Å². The summed E-state index contributed by atoms with van der Waals surface area (Å²) in [6.07, 6.45) is 0.0933. The first-order valence-electron chi connectivity index (χ1n) is 8.12. The lowest BCUT2D eigenvalue weighted by Crippen LogP contribution is -2.49. The molecule has 1 aliphatic heterocycles. The Morgan fingerprint density at radius 2 is 1.80 bits per heavy atom. The van der Waals surface area contributed by atoms with Crippen molar-refractivity contribution in [2.45, 2.75) is 12.8 Å². The second kappa shape index (κ2) is 9.00. The Morgan fingerprint density at radius 1 is 1.12 bits per heavy atom. The number of hydrogen-bond donors (Lipinski definition) is 1. The summed E-state index contributed by atoms with van der Waals surface area (Å²) in [5.41, 5.74) is 0.539. The summed E-state index contributed by atoms with van der Waals surface area (Å²) in [4.78, 5) is 38.3. The molecule has 1 fully saturated rings. The summed E-state index contributed by atoms with van der Waals surface area (Å²) in [7, 11) is 1.24. The molecular formula is C17H22FN3O4. The predicted molar refractivity (Wildman–Crippen MR) is 89.5 cm³/mol. The molecule has 2 amide bonds. The number of nitrogens with zero attached hydrogens (tertiary/aromatic N) is 2. The predicted octanol–water partition coefficient (Wildman–Crippen LogP) is 0.544. The molecule has 0 saturated carbocycles. The van der Waals surface area contributed by atoms with E-state index in [9.17, 15) is 18.8 Å². The van der Waals surface area contributed by atoms with Gasteiger partial charge in [0.1, 0.15) is 12.4 Å². The Balaban J connectivity index is 1.73. The molecule has 0 aromatic heterocycles. The molecule has 1 aromatic rings. The quantitative estimate of drug-likeness (QED) is 0.757. The van der Waals surface area contributed by atoms with Gasteiger partial charge in [-0.25, -0.2) is 4.39 Å². The van der Waals surface area contributed by atoms with Crippen molar-refractivity contribution in [3.63, 3.8) is 0 Å². The molecule has 0 unspecified atom stereocenters. The van der Waals surface area contributed by atoms with E-state index in [0.29, 0.717) is 31.9 Å². The van der Waals surface area contributed by atoms with Crippen LogP contribution in [0.15, 0.2) is 24.3 Å². The summed E-state index contributed by atoms with van der Waals surface area (Å²) in [5.74, 6) is -1.31. The minimum atomic E-state index is -0.538. The maximum absolute atomic E-state index is 13.8. The van der Waals surface area contributed by atoms with Gasteiger partial charge < -0.3 is 19.9 Å². The van der Waals surface area contributed by atoms with Gasteiger partial charge in [-0.15, -0.1) is 0 Å². The number of carbonyl (C=O) groups is 3. The number of piperazine rings is 1. The molecule has 1 aliphatic rings. The summed E-state index contributed by atoms with van der Waals surface area (Å²) < 4.78 is 18.2. The van der Waals surface area contributed by atoms with Crippen molar-refractivity contribution < 1.29 is 23.5 Å². The average Bonchev–Trinajstić information content (AvgIpc) is 2.64. The Morgan fingerprint density at radius 3 is 2.44 bits per heavy atom. The van der Waals surface area contributed by atoms with Gasteiger partial charge in [0.25, 0.3) is 0 Å². The molecule has 0 bridgehead atoms. The first-order valence-corrected chi connectivity index (χ1v) is 8.12. The minimum absolute atomic E-state index is 0.0172. The van der Waals surface area contributed by atoms with E-state index < -0.39 is 5.97 Å². The van der Waals surface area contributed by atoms with E-state index in [4.69, 9.17) is 0 Å². The smallest absolute Gasteiger partial charge is 0.325 e. The van der Waals surface area contributed by atoms with Crippen molar-refractivity contribution in [2.75, 3.05) is 44.7 Å². The third-order valence-electron chi connectivity index (χ3n) is 4.05. The molecule has 1 aromatic carbocycles. The van der Waals surface area contributed by atoms with Crippen molar-refractivity contribution >= 4 is 23.5 Å². The second-order valence-corrected chi connectivity index (χ2v) is 5.67. The van der Waals surface area contributed by atoms with Crippen LogP contribution in [-0.4, -0.2) is 62.5 Å². The number of hydrogen-bond acceptors (Lipinski definition) is 5. The van der Waals surface area contributed by atoms with E-state index in [-0.39, 0.29) is 37.0 Å². The number of esters is 1. The van der Waals surface area contributed by atoms with Crippen LogP contribution in [0.4, 0.5) is 10.1 Å². The van der Waals surface area contributed by atoms with E-state index in [1.54, 1.807) is 23.1 Å². The monoisotopic (exact) mass is 351 g/mol. The van der Waals surface area contributed by atoms with Crippen molar-refractivity contribution in [3.05, 3.63) is 30.1 Å². The number of anilines is 1. The number of nitrogens with one attached hydrogen (secondary N) is 1. The summed E-state index contributed by atoms with van der Waals surface area (Å²) in [6.45, 7) is 1.85. The van der Waals surface area contributed by atoms with E-state index in [0.717, 1.165) is 0 Å². The Hall–Kier alpha value is -2.64. The highest BCUT2D eigenvalue weighted by molar-refractivity contribution is 5.86. The highest BCUT2D eigenvalue weighted by atomic mass is 19.1. The summed E-state index contributed by atoms with van der Waals surface area (Å²) in [5, 5.41) is 2.39. The van der Waals surface area contributed by atoms with Crippen LogP contribution in [0.1, 0.15) is 12.8 Å². The van der Waals surface area contributed by atoms with E-state index in [1.165, 1.54) is 13.2 Å². The molecule has 0 radical (unpaired) electrons. The number of carbonyl (C=O) groups excluding carboxylic acids is 3. The summed E-state index contributed by atoms with van der Waals surface area (Å²) >= 11 is 0. The highest BCUT2D eigenvalue weighted by Gasteiger charge is 2.23. The molecule has 0 aliphatic carbocycles. The third kappa shape index (κ3) is 5.44. The van der Waals surface area contributed by atoms with Crippen LogP contribution in [0.25, 0.3) is 0 Å². The Bertz CT molecular complexity index is 630. The second-order valence-electron chi connectivity index (χ2n) is 5.67. The van der Waals surface area contributed by atoms with Gasteiger partial charge in [0, 0.05) is 39.0 Å². The van der Waals surface area contributed by atoms with Gasteiger partial charge in [-0.3, -0.25) is 14.4 Å². The van der Waals surface area contributed by atoms with Crippen LogP contribution in [0.2, 0.25) is 0 Å². The lowest BCUT2D eigenvalue weighted by atomic mass is 10.2. The fourth-order valence-corrected chi connectivity index (χ4v) is 2.61. The number of amides is 2. The van der Waals surface area contributed by atoms with Crippen molar-refractivity contribution in [3.8, 4) is 0 Å². The molecule has 8 heteroatoms. The van der Waals surface area contributed by atoms with E-state index >= 15 is 0 Å². The molecular weight excluding hydrogens is 329 g/mol. The number of halogens is 1. The zero-order valence-corrected chi connectivity index (χ0v) is 14.2. The molecule has 25 heavy (non-hydrogen) atoms. The lowest BCUT2D eigenvalue weighted by Gasteiger charge is -2.36. The van der Waals surface area contributed by atoms with Crippen LogP contribution in [-0.2, 0) is 19.1 Å². The Kier molecular flexibility index (Phi) is 6.73. The van der Waals surface area contributed by atoms with Gasteiger partial charge in [0.05, 0.1) is 12.8 Å². The third-order valence-corrected chi connectivity index (χ3v) is 4.05. The first-order chi connectivity index (χ1) is 12.0. The number of rotatable bonds is 6. The summed E-state index contributed by atoms with van der Waals surface area (Å²) in [6, 6.07) is 6.56. The van der Waals surface area contributed by atoms with Gasteiger partial charge in [-0.2, -0.15) is 0 Å². The molecule has 2 rings (SSSR count). The zero-order valence-electron chi connectivity index (χ0n) is 14.2. The number of ether oxygens (including phenoxy) is 1. The maximum Gasteiger partial charge on any atom is 0.325 e. The van der Waals surface area contributed by atoms with Crippen molar-refractivity contribution in [1.82, 2.24) is 10.2 Å². The first kappa shape index (κ1) is 18.7. The minimum Gasteiger partial charge on any atom is -0.468 e. The van der Waals surface area contributed by atoms with E-state index in [1.807, 2.05) is 4.90 Å². The normalized spacial score (nSPS) is 14.2. The average molecular weight is 351 g/mol. The van der Waals surface area contributed by atoms with Crippen molar-refractivity contribution in [1.29, 1.82) is 0 Å². The van der Waals surface area contributed by atoms with Gasteiger partial charge >= 0.3 is 5.97 Å². The fraction of sp³-hybridized carbons (Fsp3) is 0.471.